The largest absolute Gasteiger partial charge is 0.544 e. The van der Waals surface area contributed by atoms with E-state index in [4.69, 9.17) is 44.6 Å². The molecule has 0 rings (SSSR count). The molecule has 49 heavy (non-hydrogen) atoms. The number of aliphatic carboxylic acids is 3. The fourth-order valence-corrected chi connectivity index (χ4v) is 2.50. The zero-order valence-corrected chi connectivity index (χ0v) is 29.7. The summed E-state index contributed by atoms with van der Waals surface area (Å²) < 4.78 is 3.22. The minimum Gasteiger partial charge on any atom is -0.544 e. The average molecular weight is 696 g/mol. The summed E-state index contributed by atoms with van der Waals surface area (Å²) >= 11 is 0. The number of nitrogens with two attached hydrogens (primary N) is 6. The molecule has 0 fully saturated rings. The van der Waals surface area contributed by atoms with Crippen molar-refractivity contribution in [2.45, 2.75) is 70.8 Å². The van der Waals surface area contributed by atoms with Crippen molar-refractivity contribution in [1.29, 1.82) is 0 Å². The van der Waals surface area contributed by atoms with Gasteiger partial charge in [0.1, 0.15) is 12.5 Å². The van der Waals surface area contributed by atoms with E-state index in [1.807, 2.05) is 0 Å². The molecule has 0 aromatic carbocycles. The monoisotopic (exact) mass is 695 g/mol. The van der Waals surface area contributed by atoms with Crippen LogP contribution in [0.25, 0.3) is 0 Å². The summed E-state index contributed by atoms with van der Waals surface area (Å²) in [5.41, 5.74) is 33.8. The van der Waals surface area contributed by atoms with Crippen molar-refractivity contribution in [3.63, 3.8) is 0 Å². The number of unbranched alkanes of at least 4 members (excludes halogenated alkanes) is 1. The van der Waals surface area contributed by atoms with Crippen LogP contribution in [0.1, 0.15) is 64.7 Å². The van der Waals surface area contributed by atoms with E-state index in [0.717, 1.165) is 44.9 Å². The number of carbonyl (C=O) groups is 3. The first-order valence-electron chi connectivity index (χ1n) is 15.4. The molecular weight excluding hydrogens is 634 g/mol. The number of carbonyl (C=O) groups excluding carboxylic acids is 1. The quantitative estimate of drug-likeness (QED) is 0.0293. The first kappa shape index (κ1) is 50.4. The van der Waals surface area contributed by atoms with Crippen LogP contribution in [0.2, 0.25) is 0 Å². The van der Waals surface area contributed by atoms with Gasteiger partial charge in [-0.05, 0) is 54.9 Å². The highest BCUT2D eigenvalue weighted by molar-refractivity contribution is 5.90. The molecular formula is C32H61N11O6+2. The Kier molecular flexibility index (Phi) is 36.4. The molecule has 17 N–H and O–H groups in total. The second-order valence-electron chi connectivity index (χ2n) is 10.2. The Morgan fingerprint density at radius 2 is 1.02 bits per heavy atom. The Labute approximate surface area is 290 Å². The maximum Gasteiger partial charge on any atom is 0.387 e. The van der Waals surface area contributed by atoms with Gasteiger partial charge in [-0.1, -0.05) is 67.7 Å². The number of quaternary nitrogens is 1. The Hall–Kier alpha value is -5.45. The minimum absolute atomic E-state index is 0.0267. The third-order valence-electron chi connectivity index (χ3n) is 5.08. The number of hydrogen-bond acceptors (Lipinski definition) is 4. The molecule has 0 unspecified atom stereocenters. The SMILES string of the molecule is CC/C=C\C/C=C\C/C=C\C/C=C\C/C=C\CCCC(=O)O.C[N+](C)=C(N)N=C(N)N.C[N+](C)=C(N)N=C(N)N.[NH3+][C@@H](CC(=O)O)C(=O)[O-]. The van der Waals surface area contributed by atoms with E-state index in [0.29, 0.717) is 11.9 Å². The van der Waals surface area contributed by atoms with Gasteiger partial charge >= 0.3 is 23.9 Å². The number of aliphatic imine (C=N–C) groups is 2. The fourth-order valence-electron chi connectivity index (χ4n) is 2.50. The molecule has 0 aliphatic rings. The van der Waals surface area contributed by atoms with Crippen molar-refractivity contribution in [2.24, 2.45) is 44.4 Å². The van der Waals surface area contributed by atoms with E-state index in [1.165, 1.54) is 0 Å². The third kappa shape index (κ3) is 49.6. The van der Waals surface area contributed by atoms with Gasteiger partial charge in [0, 0.05) is 6.42 Å². The van der Waals surface area contributed by atoms with Crippen LogP contribution in [-0.2, 0) is 14.4 Å². The molecule has 0 aliphatic heterocycles. The molecule has 0 spiro atoms. The summed E-state index contributed by atoms with van der Waals surface area (Å²) in [6.07, 6.45) is 28.0. The molecule has 0 bridgehead atoms. The Morgan fingerprint density at radius 3 is 1.24 bits per heavy atom. The molecule has 0 saturated carbocycles. The Bertz CT molecular complexity index is 1160. The molecule has 0 aromatic heterocycles. The predicted octanol–water partition coefficient (Wildman–Crippen LogP) is -1.49. The maximum absolute atomic E-state index is 10.3. The summed E-state index contributed by atoms with van der Waals surface area (Å²) in [7, 11) is 7.01. The summed E-state index contributed by atoms with van der Waals surface area (Å²) in [6, 6.07) is -1.15. The number of carboxylic acid groups (broad SMARTS) is 3. The highest BCUT2D eigenvalue weighted by Gasteiger charge is 2.11. The van der Waals surface area contributed by atoms with Gasteiger partial charge < -0.3 is 48.8 Å². The number of carboxylic acids is 3. The molecule has 0 aliphatic carbocycles. The van der Waals surface area contributed by atoms with Crippen molar-refractivity contribution in [2.75, 3.05) is 28.2 Å². The predicted molar refractivity (Wildman–Crippen MR) is 194 cm³/mol. The van der Waals surface area contributed by atoms with Crippen LogP contribution in [0.3, 0.4) is 0 Å². The van der Waals surface area contributed by atoms with Gasteiger partial charge in [0.15, 0.2) is 0 Å². The molecule has 0 heterocycles. The van der Waals surface area contributed by atoms with Crippen LogP contribution in [0.5, 0.6) is 0 Å². The van der Waals surface area contributed by atoms with Gasteiger partial charge in [-0.25, -0.2) is 0 Å². The lowest BCUT2D eigenvalue weighted by Crippen LogP contribution is -2.68. The molecule has 17 heteroatoms. The summed E-state index contributed by atoms with van der Waals surface area (Å²) in [5.74, 6) is -2.78. The molecule has 0 radical (unpaired) electrons. The van der Waals surface area contributed by atoms with Crippen molar-refractivity contribution in [3.05, 3.63) is 60.8 Å². The molecule has 17 nitrogen and oxygen atoms in total. The number of guanidine groups is 4. The summed E-state index contributed by atoms with van der Waals surface area (Å²) in [5, 5.41) is 26.3. The van der Waals surface area contributed by atoms with Gasteiger partial charge in [0.25, 0.3) is 11.9 Å². The zero-order valence-electron chi connectivity index (χ0n) is 29.7. The van der Waals surface area contributed by atoms with Crippen molar-refractivity contribution in [3.8, 4) is 0 Å². The molecule has 278 valence electrons. The Balaban J connectivity index is -0.000000310. The zero-order chi connectivity index (χ0) is 38.6. The molecule has 0 aromatic rings. The standard InChI is InChI=1S/C20H30O2.2C4H11N5.C4H7NO4/c1-2-3-4-5-6-7-8-9-10-11-12-13-14-15-16-17-18-19-20(21)22;2*1-9(2)4(7)8-3(5)6;5-2(4(8)9)1-3(6)7/h3-4,6-7,9-10,12-13,15-16H,2,5,8,11,14,17-19H2,1H3,(H,21,22);2*1-2H3,(H5,5,6,7,8);2H,1,5H2,(H,6,7)(H,8,9)/p+2/b4-3-,7-6-,10-9-,13-12-,16-15-;;;/t;;;2-/m...0/s1. The van der Waals surface area contributed by atoms with Gasteiger partial charge in [-0.3, -0.25) is 30.2 Å². The van der Waals surface area contributed by atoms with Crippen molar-refractivity contribution < 1.29 is 44.6 Å². The van der Waals surface area contributed by atoms with E-state index in [-0.39, 0.29) is 18.3 Å². The highest BCUT2D eigenvalue weighted by Crippen LogP contribution is 1.99. The van der Waals surface area contributed by atoms with Crippen LogP contribution >= 0.6 is 0 Å². The molecule has 0 saturated heterocycles. The van der Waals surface area contributed by atoms with E-state index < -0.39 is 30.4 Å². The lowest BCUT2D eigenvalue weighted by molar-refractivity contribution is -0.466. The van der Waals surface area contributed by atoms with Gasteiger partial charge in [0.2, 0.25) is 0 Å². The number of rotatable bonds is 16. The second-order valence-corrected chi connectivity index (χ2v) is 10.2. The van der Waals surface area contributed by atoms with Crippen LogP contribution in [0.15, 0.2) is 70.7 Å². The van der Waals surface area contributed by atoms with E-state index in [1.54, 1.807) is 37.3 Å². The van der Waals surface area contributed by atoms with E-state index in [9.17, 15) is 19.5 Å². The number of hydrogen-bond donors (Lipinski definition) is 9. The lowest BCUT2D eigenvalue weighted by Gasteiger charge is -2.04. The van der Waals surface area contributed by atoms with Crippen molar-refractivity contribution >= 4 is 41.7 Å². The number of nitrogens with zero attached hydrogens (tertiary/aromatic N) is 4. The van der Waals surface area contributed by atoms with Gasteiger partial charge in [-0.2, -0.15) is 0 Å². The van der Waals surface area contributed by atoms with Gasteiger partial charge in [0.05, 0.1) is 34.2 Å². The summed E-state index contributed by atoms with van der Waals surface area (Å²) in [6.45, 7) is 2.14. The second kappa shape index (κ2) is 35.4. The molecule has 0 amide bonds. The fraction of sp³-hybridized carbons (Fsp3) is 0.469. The van der Waals surface area contributed by atoms with Crippen LogP contribution in [0, 0.1) is 0 Å². The Morgan fingerprint density at radius 1 is 0.673 bits per heavy atom. The van der Waals surface area contributed by atoms with Gasteiger partial charge in [-0.15, -0.1) is 0 Å². The normalized spacial score (nSPS) is 11.1. The maximum atomic E-state index is 10.3. The van der Waals surface area contributed by atoms with E-state index in [2.05, 4.69) is 83.4 Å². The topological polar surface area (TPSA) is 329 Å². The highest BCUT2D eigenvalue weighted by atomic mass is 16.4. The lowest BCUT2D eigenvalue weighted by atomic mass is 10.2. The van der Waals surface area contributed by atoms with Crippen LogP contribution in [0.4, 0.5) is 0 Å². The number of allylic oxidation sites excluding steroid dienone is 10. The smallest absolute Gasteiger partial charge is 0.387 e. The summed E-state index contributed by atoms with van der Waals surface area (Å²) in [4.78, 5) is 37.0. The van der Waals surface area contributed by atoms with Crippen LogP contribution < -0.4 is 45.2 Å². The van der Waals surface area contributed by atoms with Crippen LogP contribution in [-0.4, -0.2) is 95.3 Å². The molecule has 1 atom stereocenters. The first-order chi connectivity index (χ1) is 22.9. The average Bonchev–Trinajstić information content (AvgIpc) is 2.98. The first-order valence-corrected chi connectivity index (χ1v) is 15.4. The van der Waals surface area contributed by atoms with Crippen molar-refractivity contribution in [1.82, 2.24) is 0 Å². The minimum atomic E-state index is -1.43. The third-order valence-corrected chi connectivity index (χ3v) is 5.08. The van der Waals surface area contributed by atoms with E-state index >= 15 is 0 Å².